The molecular formula is C13H27NS. The molecule has 1 atom stereocenters. The topological polar surface area (TPSA) is 12.0 Å². The van der Waals surface area contributed by atoms with Crippen LogP contribution in [0.15, 0.2) is 12.7 Å². The van der Waals surface area contributed by atoms with Gasteiger partial charge in [0.2, 0.25) is 0 Å². The summed E-state index contributed by atoms with van der Waals surface area (Å²) in [4.78, 5) is 0. The SMILES string of the molecule is C=CCCC(CSC(C)(C)C)NCCC. The molecule has 0 aliphatic heterocycles. The average molecular weight is 229 g/mol. The highest BCUT2D eigenvalue weighted by atomic mass is 32.2. The molecule has 1 N–H and O–H groups in total. The van der Waals surface area contributed by atoms with E-state index in [1.54, 1.807) is 0 Å². The minimum atomic E-state index is 0.375. The van der Waals surface area contributed by atoms with Crippen LogP contribution in [0, 0.1) is 0 Å². The van der Waals surface area contributed by atoms with Gasteiger partial charge in [0.15, 0.2) is 0 Å². The Hall–Kier alpha value is 0.0500. The maximum Gasteiger partial charge on any atom is 0.0161 e. The molecule has 0 fully saturated rings. The zero-order valence-corrected chi connectivity index (χ0v) is 11.6. The third kappa shape index (κ3) is 10.3. The second kappa shape index (κ2) is 8.23. The van der Waals surface area contributed by atoms with Crippen LogP contribution in [0.1, 0.15) is 47.0 Å². The Morgan fingerprint density at radius 1 is 1.40 bits per heavy atom. The minimum absolute atomic E-state index is 0.375. The van der Waals surface area contributed by atoms with Crippen molar-refractivity contribution in [1.29, 1.82) is 0 Å². The summed E-state index contributed by atoms with van der Waals surface area (Å²) in [6.45, 7) is 14.0. The van der Waals surface area contributed by atoms with Crippen molar-refractivity contribution in [3.63, 3.8) is 0 Å². The van der Waals surface area contributed by atoms with Crippen molar-refractivity contribution in [2.24, 2.45) is 0 Å². The van der Waals surface area contributed by atoms with E-state index >= 15 is 0 Å². The van der Waals surface area contributed by atoms with E-state index in [0.717, 1.165) is 13.0 Å². The molecule has 0 rings (SSSR count). The van der Waals surface area contributed by atoms with Gasteiger partial charge in [0.25, 0.3) is 0 Å². The highest BCUT2D eigenvalue weighted by Crippen LogP contribution is 2.24. The van der Waals surface area contributed by atoms with Gasteiger partial charge in [-0.1, -0.05) is 33.8 Å². The standard InChI is InChI=1S/C13H27NS/c1-6-8-9-12(14-10-7-2)11-15-13(3,4)5/h6,12,14H,1,7-11H2,2-5H3. The Labute approximate surface area is 100 Å². The van der Waals surface area contributed by atoms with Crippen molar-refractivity contribution in [1.82, 2.24) is 5.32 Å². The zero-order valence-electron chi connectivity index (χ0n) is 10.8. The molecule has 0 saturated heterocycles. The first-order chi connectivity index (χ1) is 6.99. The Morgan fingerprint density at radius 3 is 2.53 bits per heavy atom. The Morgan fingerprint density at radius 2 is 2.07 bits per heavy atom. The van der Waals surface area contributed by atoms with Crippen LogP contribution in [-0.4, -0.2) is 23.1 Å². The lowest BCUT2D eigenvalue weighted by Crippen LogP contribution is -2.33. The molecule has 0 aromatic carbocycles. The lowest BCUT2D eigenvalue weighted by Gasteiger charge is -2.23. The van der Waals surface area contributed by atoms with Gasteiger partial charge < -0.3 is 5.32 Å². The Balaban J connectivity index is 3.83. The predicted octanol–water partition coefficient (Wildman–Crippen LogP) is 3.85. The zero-order chi connectivity index (χ0) is 11.7. The monoisotopic (exact) mass is 229 g/mol. The summed E-state index contributed by atoms with van der Waals surface area (Å²) in [5.41, 5.74) is 0. The van der Waals surface area contributed by atoms with Crippen molar-refractivity contribution in [3.8, 4) is 0 Å². The van der Waals surface area contributed by atoms with Gasteiger partial charge in [-0.3, -0.25) is 0 Å². The third-order valence-electron chi connectivity index (χ3n) is 2.12. The van der Waals surface area contributed by atoms with Gasteiger partial charge in [0.05, 0.1) is 0 Å². The average Bonchev–Trinajstić information content (AvgIpc) is 2.15. The number of thioether (sulfide) groups is 1. The minimum Gasteiger partial charge on any atom is -0.313 e. The highest BCUT2D eigenvalue weighted by Gasteiger charge is 2.14. The third-order valence-corrected chi connectivity index (χ3v) is 3.55. The van der Waals surface area contributed by atoms with Gasteiger partial charge in [-0.2, -0.15) is 11.8 Å². The molecule has 0 aromatic heterocycles. The van der Waals surface area contributed by atoms with Crippen molar-refractivity contribution in [3.05, 3.63) is 12.7 Å². The number of hydrogen-bond donors (Lipinski definition) is 1. The molecule has 0 heterocycles. The first-order valence-corrected chi connectivity index (χ1v) is 6.96. The van der Waals surface area contributed by atoms with Gasteiger partial charge in [-0.15, -0.1) is 6.58 Å². The highest BCUT2D eigenvalue weighted by molar-refractivity contribution is 8.00. The molecule has 15 heavy (non-hydrogen) atoms. The summed E-state index contributed by atoms with van der Waals surface area (Å²) >= 11 is 2.05. The number of allylic oxidation sites excluding steroid dienone is 1. The van der Waals surface area contributed by atoms with Crippen LogP contribution in [0.25, 0.3) is 0 Å². The lowest BCUT2D eigenvalue weighted by molar-refractivity contribution is 0.522. The summed E-state index contributed by atoms with van der Waals surface area (Å²) in [7, 11) is 0. The molecule has 1 unspecified atom stereocenters. The van der Waals surface area contributed by atoms with E-state index in [0.29, 0.717) is 10.8 Å². The molecule has 0 bridgehead atoms. The largest absolute Gasteiger partial charge is 0.313 e. The second-order valence-electron chi connectivity index (χ2n) is 4.94. The van der Waals surface area contributed by atoms with E-state index in [-0.39, 0.29) is 0 Å². The van der Waals surface area contributed by atoms with E-state index in [1.807, 2.05) is 17.8 Å². The molecule has 0 spiro atoms. The molecule has 90 valence electrons. The van der Waals surface area contributed by atoms with Crippen molar-refractivity contribution in [2.75, 3.05) is 12.3 Å². The molecule has 2 heteroatoms. The van der Waals surface area contributed by atoms with Gasteiger partial charge in [-0.05, 0) is 25.8 Å². The van der Waals surface area contributed by atoms with E-state index in [1.165, 1.54) is 18.6 Å². The number of hydrogen-bond acceptors (Lipinski definition) is 2. The first kappa shape index (κ1) is 15.0. The van der Waals surface area contributed by atoms with E-state index in [2.05, 4.69) is 39.6 Å². The normalized spacial score (nSPS) is 13.9. The smallest absolute Gasteiger partial charge is 0.0161 e. The fourth-order valence-corrected chi connectivity index (χ4v) is 2.25. The molecule has 0 radical (unpaired) electrons. The van der Waals surface area contributed by atoms with Crippen LogP contribution >= 0.6 is 11.8 Å². The van der Waals surface area contributed by atoms with Crippen LogP contribution in [0.2, 0.25) is 0 Å². The van der Waals surface area contributed by atoms with Crippen LogP contribution in [0.3, 0.4) is 0 Å². The molecule has 1 nitrogen and oxygen atoms in total. The maximum atomic E-state index is 3.79. The number of nitrogens with one attached hydrogen (secondary N) is 1. The summed E-state index contributed by atoms with van der Waals surface area (Å²) in [5.74, 6) is 1.21. The fourth-order valence-electron chi connectivity index (χ4n) is 1.26. The van der Waals surface area contributed by atoms with Crippen LogP contribution in [-0.2, 0) is 0 Å². The molecule has 0 aromatic rings. The summed E-state index contributed by atoms with van der Waals surface area (Å²) < 4.78 is 0.375. The van der Waals surface area contributed by atoms with Gasteiger partial charge in [-0.25, -0.2) is 0 Å². The lowest BCUT2D eigenvalue weighted by atomic mass is 10.2. The second-order valence-corrected chi connectivity index (χ2v) is 6.79. The fraction of sp³-hybridized carbons (Fsp3) is 0.846. The molecule has 0 aliphatic rings. The van der Waals surface area contributed by atoms with E-state index in [4.69, 9.17) is 0 Å². The number of rotatable bonds is 8. The van der Waals surface area contributed by atoms with E-state index in [9.17, 15) is 0 Å². The Kier molecular flexibility index (Phi) is 8.26. The van der Waals surface area contributed by atoms with E-state index < -0.39 is 0 Å². The molecule has 0 saturated carbocycles. The molecule has 0 amide bonds. The van der Waals surface area contributed by atoms with Crippen molar-refractivity contribution >= 4 is 11.8 Å². The van der Waals surface area contributed by atoms with Gasteiger partial charge >= 0.3 is 0 Å². The molecular weight excluding hydrogens is 202 g/mol. The summed E-state index contributed by atoms with van der Waals surface area (Å²) in [6.07, 6.45) is 5.56. The summed E-state index contributed by atoms with van der Waals surface area (Å²) in [6, 6.07) is 0.646. The van der Waals surface area contributed by atoms with Crippen LogP contribution in [0.5, 0.6) is 0 Å². The van der Waals surface area contributed by atoms with Crippen molar-refractivity contribution < 1.29 is 0 Å². The quantitative estimate of drug-likeness (QED) is 0.634. The maximum absolute atomic E-state index is 3.79. The van der Waals surface area contributed by atoms with Crippen molar-refractivity contribution in [2.45, 2.75) is 57.7 Å². The van der Waals surface area contributed by atoms with Gasteiger partial charge in [0.1, 0.15) is 0 Å². The van der Waals surface area contributed by atoms with Crippen LogP contribution in [0.4, 0.5) is 0 Å². The Bertz CT molecular complexity index is 160. The predicted molar refractivity (Wildman–Crippen MR) is 73.7 cm³/mol. The summed E-state index contributed by atoms with van der Waals surface area (Å²) in [5, 5.41) is 3.61. The van der Waals surface area contributed by atoms with Crippen LogP contribution < -0.4 is 5.32 Å². The first-order valence-electron chi connectivity index (χ1n) is 5.98. The van der Waals surface area contributed by atoms with Gasteiger partial charge in [0, 0.05) is 16.5 Å². The molecule has 0 aliphatic carbocycles.